The molecule has 0 bridgehead atoms. The van der Waals surface area contributed by atoms with Crippen molar-refractivity contribution in [1.82, 2.24) is 9.88 Å². The summed E-state index contributed by atoms with van der Waals surface area (Å²) in [5, 5.41) is 0. The van der Waals surface area contributed by atoms with Gasteiger partial charge in [0.25, 0.3) is 0 Å². The lowest BCUT2D eigenvalue weighted by Crippen LogP contribution is -2.32. The van der Waals surface area contributed by atoms with Crippen LogP contribution < -0.4 is 4.74 Å². The third-order valence-electron chi connectivity index (χ3n) is 2.37. The number of hydrogen-bond donors (Lipinski definition) is 0. The summed E-state index contributed by atoms with van der Waals surface area (Å²) in [7, 11) is 0. The van der Waals surface area contributed by atoms with E-state index < -0.39 is 0 Å². The summed E-state index contributed by atoms with van der Waals surface area (Å²) in [5.41, 5.74) is 1.13. The summed E-state index contributed by atoms with van der Waals surface area (Å²) in [4.78, 5) is 10.4. The molecule has 0 fully saturated rings. The molecular weight excluding hydrogens is 214 g/mol. The third kappa shape index (κ3) is 3.26. The number of hydrogen-bond acceptors (Lipinski definition) is 4. The number of rotatable bonds is 4. The number of aliphatic imine (C=N–C) groups is 1. The molecular formula is C13H15N3O. The zero-order valence-corrected chi connectivity index (χ0v) is 9.62. The van der Waals surface area contributed by atoms with Gasteiger partial charge in [-0.2, -0.15) is 0 Å². The monoisotopic (exact) mass is 229 g/mol. The lowest BCUT2D eigenvalue weighted by Gasteiger charge is -2.26. The van der Waals surface area contributed by atoms with Gasteiger partial charge >= 0.3 is 0 Å². The van der Waals surface area contributed by atoms with Crippen molar-refractivity contribution < 1.29 is 4.74 Å². The average Bonchev–Trinajstić information content (AvgIpc) is 2.38. The van der Waals surface area contributed by atoms with Crippen LogP contribution in [-0.2, 0) is 6.54 Å². The highest BCUT2D eigenvalue weighted by Gasteiger charge is 2.16. The van der Waals surface area contributed by atoms with Crippen molar-refractivity contribution in [2.24, 2.45) is 4.99 Å². The van der Waals surface area contributed by atoms with E-state index >= 15 is 0 Å². The smallest absolute Gasteiger partial charge is 0.219 e. The highest BCUT2D eigenvalue weighted by molar-refractivity contribution is 5.70. The second-order valence-corrected chi connectivity index (χ2v) is 3.67. The van der Waals surface area contributed by atoms with Gasteiger partial charge in [0.2, 0.25) is 5.88 Å². The Hall–Kier alpha value is -1.94. The lowest BCUT2D eigenvalue weighted by molar-refractivity contribution is 0.102. The molecule has 0 saturated heterocycles. The summed E-state index contributed by atoms with van der Waals surface area (Å²) in [5.74, 6) is 0.748. The predicted octanol–water partition coefficient (Wildman–Crippen LogP) is 2.00. The first-order chi connectivity index (χ1) is 8.40. The van der Waals surface area contributed by atoms with Crippen LogP contribution in [0, 0.1) is 0 Å². The van der Waals surface area contributed by atoms with Crippen molar-refractivity contribution in [2.45, 2.75) is 6.54 Å². The molecule has 1 aromatic heterocycles. The van der Waals surface area contributed by atoms with Crippen LogP contribution in [0.2, 0.25) is 0 Å². The predicted molar refractivity (Wildman–Crippen MR) is 68.0 cm³/mol. The van der Waals surface area contributed by atoms with E-state index in [4.69, 9.17) is 4.74 Å². The zero-order valence-electron chi connectivity index (χ0n) is 9.62. The Balaban J connectivity index is 1.88. The van der Waals surface area contributed by atoms with E-state index in [1.165, 1.54) is 0 Å². The molecule has 0 atom stereocenters. The molecule has 1 aliphatic rings. The van der Waals surface area contributed by atoms with Crippen LogP contribution in [0.15, 0.2) is 48.3 Å². The largest absolute Gasteiger partial charge is 0.461 e. The van der Waals surface area contributed by atoms with Gasteiger partial charge in [-0.15, -0.1) is 0 Å². The summed E-state index contributed by atoms with van der Waals surface area (Å²) >= 11 is 0. The van der Waals surface area contributed by atoms with Crippen LogP contribution in [-0.4, -0.2) is 29.4 Å². The van der Waals surface area contributed by atoms with Crippen LogP contribution in [0.25, 0.3) is 0 Å². The summed E-state index contributed by atoms with van der Waals surface area (Å²) in [6.07, 6.45) is 8.81. The summed E-state index contributed by atoms with van der Waals surface area (Å²) < 4.78 is 5.54. The number of fused-ring (bicyclic) bond motifs is 1. The van der Waals surface area contributed by atoms with E-state index in [9.17, 15) is 0 Å². The molecule has 2 heterocycles. The van der Waals surface area contributed by atoms with Gasteiger partial charge in [-0.25, -0.2) is 4.98 Å². The minimum absolute atomic E-state index is 0.569. The molecule has 17 heavy (non-hydrogen) atoms. The van der Waals surface area contributed by atoms with Crippen LogP contribution >= 0.6 is 0 Å². The molecule has 2 rings (SSSR count). The number of pyridine rings is 1. The Kier molecular flexibility index (Phi) is 4.05. The van der Waals surface area contributed by atoms with E-state index in [0.29, 0.717) is 6.73 Å². The fourth-order valence-electron chi connectivity index (χ4n) is 1.60. The number of allylic oxidation sites excluding steroid dienone is 1. The van der Waals surface area contributed by atoms with Gasteiger partial charge in [-0.1, -0.05) is 24.8 Å². The van der Waals surface area contributed by atoms with Crippen molar-refractivity contribution in [2.75, 3.05) is 13.3 Å². The minimum Gasteiger partial charge on any atom is -0.461 e. The Bertz CT molecular complexity index is 440. The quantitative estimate of drug-likeness (QED) is 0.741. The van der Waals surface area contributed by atoms with E-state index in [1.54, 1.807) is 24.7 Å². The first-order valence-electron chi connectivity index (χ1n) is 5.48. The molecule has 0 radical (unpaired) electrons. The molecule has 0 saturated carbocycles. The van der Waals surface area contributed by atoms with Gasteiger partial charge < -0.3 is 4.74 Å². The molecule has 1 aliphatic heterocycles. The first kappa shape index (κ1) is 11.5. The lowest BCUT2D eigenvalue weighted by atomic mass is 10.2. The van der Waals surface area contributed by atoms with Gasteiger partial charge in [0.1, 0.15) is 6.73 Å². The SMILES string of the molecule is C=CC=N/C=C\CN1COc2ncccc2C1. The molecule has 88 valence electrons. The zero-order chi connectivity index (χ0) is 11.9. The second-order valence-electron chi connectivity index (χ2n) is 3.67. The van der Waals surface area contributed by atoms with Crippen molar-refractivity contribution in [3.05, 3.63) is 48.8 Å². The number of ether oxygens (including phenoxy) is 1. The molecule has 0 spiro atoms. The minimum atomic E-state index is 0.569. The van der Waals surface area contributed by atoms with E-state index in [0.717, 1.165) is 24.5 Å². The van der Waals surface area contributed by atoms with Crippen molar-refractivity contribution in [3.63, 3.8) is 0 Å². The van der Waals surface area contributed by atoms with Crippen LogP contribution in [0.1, 0.15) is 5.56 Å². The third-order valence-corrected chi connectivity index (χ3v) is 2.37. The standard InChI is InChI=1S/C13H15N3O/c1-2-6-14-7-4-9-16-10-12-5-3-8-15-13(12)17-11-16/h2-8H,1,9-11H2/b7-4-,14-6?. The molecule has 0 N–H and O–H groups in total. The molecule has 0 amide bonds. The molecule has 0 aromatic carbocycles. The normalized spacial score (nSPS) is 16.0. The van der Waals surface area contributed by atoms with Crippen molar-refractivity contribution in [1.29, 1.82) is 0 Å². The van der Waals surface area contributed by atoms with Gasteiger partial charge in [0, 0.05) is 37.3 Å². The maximum Gasteiger partial charge on any atom is 0.219 e. The molecule has 0 unspecified atom stereocenters. The number of aromatic nitrogens is 1. The Morgan fingerprint density at radius 1 is 1.59 bits per heavy atom. The average molecular weight is 229 g/mol. The maximum absolute atomic E-state index is 5.54. The van der Waals surface area contributed by atoms with Crippen LogP contribution in [0.5, 0.6) is 5.88 Å². The van der Waals surface area contributed by atoms with Gasteiger partial charge in [-0.3, -0.25) is 9.89 Å². The maximum atomic E-state index is 5.54. The molecule has 0 aliphatic carbocycles. The molecule has 4 nitrogen and oxygen atoms in total. The number of nitrogens with zero attached hydrogens (tertiary/aromatic N) is 3. The Morgan fingerprint density at radius 2 is 2.53 bits per heavy atom. The highest BCUT2D eigenvalue weighted by atomic mass is 16.5. The van der Waals surface area contributed by atoms with Crippen molar-refractivity contribution >= 4 is 6.21 Å². The van der Waals surface area contributed by atoms with E-state index in [-0.39, 0.29) is 0 Å². The van der Waals surface area contributed by atoms with Gasteiger partial charge in [0.05, 0.1) is 0 Å². The van der Waals surface area contributed by atoms with E-state index in [2.05, 4.69) is 21.5 Å². The molecule has 4 heteroatoms. The van der Waals surface area contributed by atoms with Crippen molar-refractivity contribution in [3.8, 4) is 5.88 Å². The second kappa shape index (κ2) is 5.96. The summed E-state index contributed by atoms with van der Waals surface area (Å²) in [6, 6.07) is 3.96. The topological polar surface area (TPSA) is 37.7 Å². The first-order valence-corrected chi connectivity index (χ1v) is 5.48. The van der Waals surface area contributed by atoms with Crippen LogP contribution in [0.3, 0.4) is 0 Å². The van der Waals surface area contributed by atoms with Crippen LogP contribution in [0.4, 0.5) is 0 Å². The Morgan fingerprint density at radius 3 is 3.41 bits per heavy atom. The van der Waals surface area contributed by atoms with E-state index in [1.807, 2.05) is 18.2 Å². The highest BCUT2D eigenvalue weighted by Crippen LogP contribution is 2.20. The Labute approximate surface area is 101 Å². The fourth-order valence-corrected chi connectivity index (χ4v) is 1.60. The molecule has 1 aromatic rings. The van der Waals surface area contributed by atoms with Gasteiger partial charge in [-0.05, 0) is 6.07 Å². The summed E-state index contributed by atoms with van der Waals surface area (Å²) in [6.45, 7) is 5.79. The van der Waals surface area contributed by atoms with Gasteiger partial charge in [0.15, 0.2) is 0 Å². The fraction of sp³-hybridized carbons (Fsp3) is 0.231.